The predicted molar refractivity (Wildman–Crippen MR) is 87.0 cm³/mol. The highest BCUT2D eigenvalue weighted by molar-refractivity contribution is 5.93. The van der Waals surface area contributed by atoms with E-state index in [4.69, 9.17) is 14.2 Å². The fourth-order valence-electron chi connectivity index (χ4n) is 3.14. The molecule has 130 valence electrons. The Labute approximate surface area is 141 Å². The summed E-state index contributed by atoms with van der Waals surface area (Å²) in [5, 5.41) is 3.01. The van der Waals surface area contributed by atoms with Crippen LogP contribution in [0.3, 0.4) is 0 Å². The van der Waals surface area contributed by atoms with Gasteiger partial charge in [0.15, 0.2) is 17.6 Å². The molecule has 1 aliphatic carbocycles. The lowest BCUT2D eigenvalue weighted by Crippen LogP contribution is -2.45. The second kappa shape index (κ2) is 7.11. The summed E-state index contributed by atoms with van der Waals surface area (Å²) in [6.07, 6.45) is 3.60. The molecule has 1 aromatic carbocycles. The SMILES string of the molecule is C[C@@H](OC(=O)c1ccc2c(c1)OCO2)C(=O)N[C@@H]1CCCC[C@@H]1C. The van der Waals surface area contributed by atoms with Crippen LogP contribution in [0.15, 0.2) is 18.2 Å². The van der Waals surface area contributed by atoms with Gasteiger partial charge in [-0.25, -0.2) is 4.79 Å². The van der Waals surface area contributed by atoms with E-state index in [1.807, 2.05) is 0 Å². The van der Waals surface area contributed by atoms with Gasteiger partial charge in [-0.2, -0.15) is 0 Å². The summed E-state index contributed by atoms with van der Waals surface area (Å²) < 4.78 is 15.7. The number of rotatable bonds is 4. The second-order valence-corrected chi connectivity index (χ2v) is 6.49. The Bertz CT molecular complexity index is 630. The zero-order chi connectivity index (χ0) is 17.1. The van der Waals surface area contributed by atoms with E-state index in [0.29, 0.717) is 23.0 Å². The number of hydrogen-bond acceptors (Lipinski definition) is 5. The van der Waals surface area contributed by atoms with Gasteiger partial charge in [-0.1, -0.05) is 19.8 Å². The summed E-state index contributed by atoms with van der Waals surface area (Å²) in [5.41, 5.74) is 0.338. The van der Waals surface area contributed by atoms with E-state index >= 15 is 0 Å². The van der Waals surface area contributed by atoms with Crippen LogP contribution < -0.4 is 14.8 Å². The molecule has 1 aromatic rings. The zero-order valence-electron chi connectivity index (χ0n) is 14.0. The Morgan fingerprint density at radius 3 is 2.75 bits per heavy atom. The first-order valence-corrected chi connectivity index (χ1v) is 8.45. The van der Waals surface area contributed by atoms with Crippen LogP contribution in [0.25, 0.3) is 0 Å². The normalized spacial score (nSPS) is 23.4. The van der Waals surface area contributed by atoms with Crippen LogP contribution in [0, 0.1) is 5.92 Å². The number of esters is 1. The monoisotopic (exact) mass is 333 g/mol. The fourth-order valence-corrected chi connectivity index (χ4v) is 3.14. The Kier molecular flexibility index (Phi) is 4.92. The van der Waals surface area contributed by atoms with Crippen molar-refractivity contribution in [1.29, 1.82) is 0 Å². The van der Waals surface area contributed by atoms with Crippen LogP contribution in [0.5, 0.6) is 11.5 Å². The Morgan fingerprint density at radius 2 is 1.96 bits per heavy atom. The van der Waals surface area contributed by atoms with Crippen LogP contribution in [-0.2, 0) is 9.53 Å². The third-order valence-electron chi connectivity index (χ3n) is 4.70. The van der Waals surface area contributed by atoms with E-state index in [1.54, 1.807) is 25.1 Å². The minimum atomic E-state index is -0.836. The first-order valence-electron chi connectivity index (χ1n) is 8.45. The van der Waals surface area contributed by atoms with Crippen molar-refractivity contribution >= 4 is 11.9 Å². The topological polar surface area (TPSA) is 73.9 Å². The molecule has 0 radical (unpaired) electrons. The highest BCUT2D eigenvalue weighted by Gasteiger charge is 2.27. The number of benzene rings is 1. The number of fused-ring (bicyclic) bond motifs is 1. The molecule has 24 heavy (non-hydrogen) atoms. The molecule has 2 aliphatic rings. The number of carbonyl (C=O) groups excluding carboxylic acids is 2. The minimum absolute atomic E-state index is 0.145. The van der Waals surface area contributed by atoms with Gasteiger partial charge in [0.25, 0.3) is 5.91 Å². The second-order valence-electron chi connectivity index (χ2n) is 6.49. The average molecular weight is 333 g/mol. The molecule has 0 bridgehead atoms. The summed E-state index contributed by atoms with van der Waals surface area (Å²) in [6.45, 7) is 3.88. The van der Waals surface area contributed by atoms with E-state index in [0.717, 1.165) is 19.3 Å². The predicted octanol–water partition coefficient (Wildman–Crippen LogP) is 2.66. The van der Waals surface area contributed by atoms with Gasteiger partial charge in [0.2, 0.25) is 6.79 Å². The van der Waals surface area contributed by atoms with E-state index in [1.165, 1.54) is 6.42 Å². The van der Waals surface area contributed by atoms with Crippen molar-refractivity contribution in [2.75, 3.05) is 6.79 Å². The quantitative estimate of drug-likeness (QED) is 0.858. The molecule has 1 saturated carbocycles. The van der Waals surface area contributed by atoms with Crippen LogP contribution in [0.1, 0.15) is 49.9 Å². The number of ether oxygens (including phenoxy) is 3. The molecular weight excluding hydrogens is 310 g/mol. The van der Waals surface area contributed by atoms with Crippen molar-refractivity contribution in [3.05, 3.63) is 23.8 Å². The van der Waals surface area contributed by atoms with Crippen molar-refractivity contribution in [3.63, 3.8) is 0 Å². The Hall–Kier alpha value is -2.24. The molecule has 6 nitrogen and oxygen atoms in total. The first kappa shape index (κ1) is 16.6. The molecule has 3 rings (SSSR count). The number of carbonyl (C=O) groups is 2. The van der Waals surface area contributed by atoms with Crippen molar-refractivity contribution in [2.45, 2.75) is 51.7 Å². The number of amides is 1. The van der Waals surface area contributed by atoms with E-state index in [-0.39, 0.29) is 18.7 Å². The number of hydrogen-bond donors (Lipinski definition) is 1. The molecular formula is C18H23NO5. The molecule has 1 fully saturated rings. The van der Waals surface area contributed by atoms with Gasteiger partial charge in [-0.3, -0.25) is 4.79 Å². The highest BCUT2D eigenvalue weighted by Crippen LogP contribution is 2.32. The fraction of sp³-hybridized carbons (Fsp3) is 0.556. The maximum absolute atomic E-state index is 12.3. The van der Waals surface area contributed by atoms with Crippen molar-refractivity contribution < 1.29 is 23.8 Å². The van der Waals surface area contributed by atoms with E-state index in [9.17, 15) is 9.59 Å². The lowest BCUT2D eigenvalue weighted by atomic mass is 9.86. The maximum Gasteiger partial charge on any atom is 0.339 e. The third-order valence-corrected chi connectivity index (χ3v) is 4.70. The Morgan fingerprint density at radius 1 is 1.21 bits per heavy atom. The summed E-state index contributed by atoms with van der Waals surface area (Å²) in [7, 11) is 0. The summed E-state index contributed by atoms with van der Waals surface area (Å²) in [4.78, 5) is 24.5. The zero-order valence-corrected chi connectivity index (χ0v) is 14.0. The number of nitrogens with one attached hydrogen (secondary N) is 1. The average Bonchev–Trinajstić information content (AvgIpc) is 3.04. The van der Waals surface area contributed by atoms with Crippen molar-refractivity contribution in [3.8, 4) is 11.5 Å². The van der Waals surface area contributed by atoms with Gasteiger partial charge < -0.3 is 19.5 Å². The Balaban J connectivity index is 1.56. The van der Waals surface area contributed by atoms with E-state index < -0.39 is 12.1 Å². The van der Waals surface area contributed by atoms with Crippen LogP contribution in [0.4, 0.5) is 0 Å². The van der Waals surface area contributed by atoms with E-state index in [2.05, 4.69) is 12.2 Å². The van der Waals surface area contributed by atoms with Crippen molar-refractivity contribution in [1.82, 2.24) is 5.32 Å². The molecule has 1 heterocycles. The molecule has 0 aromatic heterocycles. The minimum Gasteiger partial charge on any atom is -0.454 e. The molecule has 0 saturated heterocycles. The molecule has 1 amide bonds. The summed E-state index contributed by atoms with van der Waals surface area (Å²) in [5.74, 6) is 0.774. The molecule has 6 heteroatoms. The highest BCUT2D eigenvalue weighted by atomic mass is 16.7. The third kappa shape index (κ3) is 3.63. The van der Waals surface area contributed by atoms with Crippen molar-refractivity contribution in [2.24, 2.45) is 5.92 Å². The van der Waals surface area contributed by atoms with Gasteiger partial charge in [0.1, 0.15) is 0 Å². The molecule has 1 aliphatic heterocycles. The van der Waals surface area contributed by atoms with Gasteiger partial charge in [-0.15, -0.1) is 0 Å². The maximum atomic E-state index is 12.3. The molecule has 0 unspecified atom stereocenters. The summed E-state index contributed by atoms with van der Waals surface area (Å²) >= 11 is 0. The van der Waals surface area contributed by atoms with Gasteiger partial charge in [0.05, 0.1) is 5.56 Å². The lowest BCUT2D eigenvalue weighted by Gasteiger charge is -2.30. The molecule has 1 N–H and O–H groups in total. The largest absolute Gasteiger partial charge is 0.454 e. The van der Waals surface area contributed by atoms with Crippen LogP contribution >= 0.6 is 0 Å². The smallest absolute Gasteiger partial charge is 0.339 e. The molecule has 0 spiro atoms. The van der Waals surface area contributed by atoms with Crippen LogP contribution in [-0.4, -0.2) is 30.8 Å². The standard InChI is InChI=1S/C18H23NO5/c1-11-5-3-4-6-14(11)19-17(20)12(2)24-18(21)13-7-8-15-16(9-13)23-10-22-15/h7-9,11-12,14H,3-6,10H2,1-2H3,(H,19,20)/t11-,12+,14+/m0/s1. The lowest BCUT2D eigenvalue weighted by molar-refractivity contribution is -0.130. The first-order chi connectivity index (χ1) is 11.5. The molecule has 3 atom stereocenters. The van der Waals surface area contributed by atoms with Crippen LogP contribution in [0.2, 0.25) is 0 Å². The van der Waals surface area contributed by atoms with Gasteiger partial charge in [-0.05, 0) is 43.9 Å². The summed E-state index contributed by atoms with van der Waals surface area (Å²) in [6, 6.07) is 4.99. The van der Waals surface area contributed by atoms with Gasteiger partial charge >= 0.3 is 5.97 Å². The van der Waals surface area contributed by atoms with Gasteiger partial charge in [0, 0.05) is 6.04 Å².